The summed E-state index contributed by atoms with van der Waals surface area (Å²) >= 11 is 0. The molecule has 0 radical (unpaired) electrons. The molecule has 1 aliphatic heterocycles. The topological polar surface area (TPSA) is 50.3 Å². The number of halogens is 2. The Balaban J connectivity index is 1.35. The smallest absolute Gasteiger partial charge is 0.387 e. The zero-order valence-electron chi connectivity index (χ0n) is 17.3. The molecule has 4 rings (SSSR count). The molecule has 162 valence electrons. The van der Waals surface area contributed by atoms with Crippen LogP contribution in [0.3, 0.4) is 0 Å². The molecule has 7 heteroatoms. The Bertz CT molecular complexity index is 958. The van der Waals surface area contributed by atoms with Crippen LogP contribution in [0.1, 0.15) is 24.8 Å². The van der Waals surface area contributed by atoms with Crippen molar-refractivity contribution in [3.63, 3.8) is 0 Å². The predicted octanol–water partition coefficient (Wildman–Crippen LogP) is 5.52. The van der Waals surface area contributed by atoms with E-state index in [1.54, 1.807) is 24.5 Å². The van der Waals surface area contributed by atoms with Crippen LogP contribution in [0.5, 0.6) is 5.75 Å². The Morgan fingerprint density at radius 3 is 2.39 bits per heavy atom. The second-order valence-corrected chi connectivity index (χ2v) is 7.68. The number of hydrogen-bond donors (Lipinski definition) is 1. The fourth-order valence-electron chi connectivity index (χ4n) is 3.77. The van der Waals surface area contributed by atoms with Gasteiger partial charge < -0.3 is 15.0 Å². The molecular formula is C24H26F2N4O. The molecule has 1 aromatic heterocycles. The number of ether oxygens (including phenoxy) is 1. The zero-order chi connectivity index (χ0) is 21.5. The monoisotopic (exact) mass is 424 g/mol. The number of anilines is 2. The lowest BCUT2D eigenvalue weighted by Crippen LogP contribution is -2.31. The summed E-state index contributed by atoms with van der Waals surface area (Å²) in [5, 5.41) is 3.25. The van der Waals surface area contributed by atoms with E-state index in [0.29, 0.717) is 5.95 Å². The number of benzene rings is 2. The largest absolute Gasteiger partial charge is 0.435 e. The lowest BCUT2D eigenvalue weighted by molar-refractivity contribution is -0.0498. The van der Waals surface area contributed by atoms with Crippen LogP contribution in [-0.2, 0) is 6.42 Å². The average molecular weight is 424 g/mol. The Morgan fingerprint density at radius 2 is 1.68 bits per heavy atom. The first-order valence-corrected chi connectivity index (χ1v) is 10.6. The quantitative estimate of drug-likeness (QED) is 0.516. The lowest BCUT2D eigenvalue weighted by Gasteiger charge is -2.26. The number of alkyl halides is 2. The van der Waals surface area contributed by atoms with Crippen LogP contribution in [0.4, 0.5) is 20.4 Å². The Morgan fingerprint density at radius 1 is 0.935 bits per heavy atom. The maximum atomic E-state index is 12.3. The van der Waals surface area contributed by atoms with Gasteiger partial charge in [0.1, 0.15) is 5.75 Å². The molecule has 0 bridgehead atoms. The summed E-state index contributed by atoms with van der Waals surface area (Å²) in [6, 6.07) is 14.8. The van der Waals surface area contributed by atoms with Crippen molar-refractivity contribution >= 4 is 11.6 Å². The molecule has 0 aliphatic carbocycles. The number of rotatable bonds is 8. The maximum Gasteiger partial charge on any atom is 0.387 e. The molecule has 1 N–H and O–H groups in total. The number of piperidine rings is 1. The van der Waals surface area contributed by atoms with Gasteiger partial charge in [0.15, 0.2) is 0 Å². The summed E-state index contributed by atoms with van der Waals surface area (Å²) in [5.74, 6) is 0.632. The second kappa shape index (κ2) is 10.3. The van der Waals surface area contributed by atoms with E-state index in [4.69, 9.17) is 0 Å². The first-order chi connectivity index (χ1) is 15.2. The Kier molecular flexibility index (Phi) is 7.04. The fraction of sp³-hybridized carbons (Fsp3) is 0.333. The summed E-state index contributed by atoms with van der Waals surface area (Å²) in [6.07, 6.45) is 8.41. The minimum atomic E-state index is -2.83. The molecule has 0 unspecified atom stereocenters. The summed E-state index contributed by atoms with van der Waals surface area (Å²) in [5.41, 5.74) is 3.87. The summed E-state index contributed by atoms with van der Waals surface area (Å²) in [6.45, 7) is 0.679. The van der Waals surface area contributed by atoms with Gasteiger partial charge in [0.25, 0.3) is 0 Å². The number of likely N-dealkylation sites (tertiary alicyclic amines) is 1. The predicted molar refractivity (Wildman–Crippen MR) is 118 cm³/mol. The normalized spacial score (nSPS) is 14.5. The molecule has 0 spiro atoms. The van der Waals surface area contributed by atoms with Crippen molar-refractivity contribution in [2.24, 2.45) is 0 Å². The van der Waals surface area contributed by atoms with Crippen molar-refractivity contribution in [2.45, 2.75) is 32.3 Å². The van der Waals surface area contributed by atoms with E-state index in [1.165, 1.54) is 50.0 Å². The van der Waals surface area contributed by atoms with Gasteiger partial charge in [-0.15, -0.1) is 0 Å². The Hall–Kier alpha value is -3.06. The average Bonchev–Trinajstić information content (AvgIpc) is 2.79. The van der Waals surface area contributed by atoms with Crippen molar-refractivity contribution in [1.29, 1.82) is 0 Å². The maximum absolute atomic E-state index is 12.3. The molecular weight excluding hydrogens is 398 g/mol. The third-order valence-electron chi connectivity index (χ3n) is 5.41. The van der Waals surface area contributed by atoms with E-state index in [9.17, 15) is 8.78 Å². The van der Waals surface area contributed by atoms with Gasteiger partial charge in [-0.3, -0.25) is 0 Å². The van der Waals surface area contributed by atoms with Crippen molar-refractivity contribution < 1.29 is 13.5 Å². The number of nitrogens with one attached hydrogen (secondary N) is 1. The standard InChI is InChI=1S/C24H26F2N4O/c25-23(26)31-22-9-7-19(8-10-22)20-16-27-24(28-17-20)29-21-6-4-5-18(15-21)11-14-30-12-2-1-3-13-30/h4-10,15-17,23H,1-3,11-14H2,(H,27,28,29). The molecule has 1 saturated heterocycles. The molecule has 0 atom stereocenters. The second-order valence-electron chi connectivity index (χ2n) is 7.68. The highest BCUT2D eigenvalue weighted by Gasteiger charge is 2.10. The number of aromatic nitrogens is 2. The van der Waals surface area contributed by atoms with Gasteiger partial charge in [-0.2, -0.15) is 8.78 Å². The van der Waals surface area contributed by atoms with E-state index in [2.05, 4.69) is 37.1 Å². The van der Waals surface area contributed by atoms with Crippen LogP contribution in [0, 0.1) is 0 Å². The minimum Gasteiger partial charge on any atom is -0.435 e. The van der Waals surface area contributed by atoms with Gasteiger partial charge in [-0.1, -0.05) is 30.7 Å². The third kappa shape index (κ3) is 6.21. The fourth-order valence-corrected chi connectivity index (χ4v) is 3.77. The van der Waals surface area contributed by atoms with E-state index in [1.807, 2.05) is 12.1 Å². The highest BCUT2D eigenvalue weighted by Crippen LogP contribution is 2.23. The lowest BCUT2D eigenvalue weighted by atomic mass is 10.1. The van der Waals surface area contributed by atoms with Crippen LogP contribution >= 0.6 is 0 Å². The van der Waals surface area contributed by atoms with E-state index in [-0.39, 0.29) is 5.75 Å². The van der Waals surface area contributed by atoms with Crippen molar-refractivity contribution in [2.75, 3.05) is 25.0 Å². The minimum absolute atomic E-state index is 0.123. The van der Waals surface area contributed by atoms with Crippen LogP contribution in [0.15, 0.2) is 60.9 Å². The number of nitrogens with zero attached hydrogens (tertiary/aromatic N) is 3. The molecule has 2 aromatic carbocycles. The molecule has 0 amide bonds. The highest BCUT2D eigenvalue weighted by molar-refractivity contribution is 5.63. The van der Waals surface area contributed by atoms with Crippen molar-refractivity contribution in [3.05, 3.63) is 66.5 Å². The van der Waals surface area contributed by atoms with Crippen LogP contribution in [0.25, 0.3) is 11.1 Å². The van der Waals surface area contributed by atoms with Crippen LogP contribution < -0.4 is 10.1 Å². The summed E-state index contributed by atoms with van der Waals surface area (Å²) in [4.78, 5) is 11.3. The molecule has 3 aromatic rings. The van der Waals surface area contributed by atoms with Crippen LogP contribution in [-0.4, -0.2) is 41.1 Å². The molecule has 2 heterocycles. The molecule has 0 saturated carbocycles. The highest BCUT2D eigenvalue weighted by atomic mass is 19.3. The third-order valence-corrected chi connectivity index (χ3v) is 5.41. The van der Waals surface area contributed by atoms with Crippen LogP contribution in [0.2, 0.25) is 0 Å². The van der Waals surface area contributed by atoms with E-state index >= 15 is 0 Å². The molecule has 1 fully saturated rings. The van der Waals surface area contributed by atoms with Gasteiger partial charge in [0.2, 0.25) is 5.95 Å². The van der Waals surface area contributed by atoms with Gasteiger partial charge in [0.05, 0.1) is 0 Å². The van der Waals surface area contributed by atoms with E-state index in [0.717, 1.165) is 29.8 Å². The molecule has 1 aliphatic rings. The summed E-state index contributed by atoms with van der Waals surface area (Å²) in [7, 11) is 0. The van der Waals surface area contributed by atoms with Crippen molar-refractivity contribution in [3.8, 4) is 16.9 Å². The Labute approximate surface area is 181 Å². The SMILES string of the molecule is FC(F)Oc1ccc(-c2cnc(Nc3cccc(CCN4CCCCC4)c3)nc2)cc1. The number of hydrogen-bond acceptors (Lipinski definition) is 5. The first kappa shape index (κ1) is 21.2. The van der Waals surface area contributed by atoms with E-state index < -0.39 is 6.61 Å². The first-order valence-electron chi connectivity index (χ1n) is 10.6. The van der Waals surface area contributed by atoms with Gasteiger partial charge in [0, 0.05) is 30.2 Å². The van der Waals surface area contributed by atoms with Gasteiger partial charge >= 0.3 is 6.61 Å². The van der Waals surface area contributed by atoms with Crippen molar-refractivity contribution in [1.82, 2.24) is 14.9 Å². The molecule has 31 heavy (non-hydrogen) atoms. The van der Waals surface area contributed by atoms with Gasteiger partial charge in [-0.05, 0) is 67.7 Å². The van der Waals surface area contributed by atoms with Gasteiger partial charge in [-0.25, -0.2) is 9.97 Å². The summed E-state index contributed by atoms with van der Waals surface area (Å²) < 4.78 is 28.9. The molecule has 5 nitrogen and oxygen atoms in total. The zero-order valence-corrected chi connectivity index (χ0v) is 17.3.